The number of nitrogens with one attached hydrogen (secondary N) is 1. The van der Waals surface area contributed by atoms with Crippen LogP contribution in [-0.2, 0) is 11.4 Å². The van der Waals surface area contributed by atoms with Crippen LogP contribution in [0.5, 0.6) is 5.75 Å². The molecule has 0 fully saturated rings. The van der Waals surface area contributed by atoms with Crippen LogP contribution in [0.4, 0.5) is 4.39 Å². The first-order valence-corrected chi connectivity index (χ1v) is 10.3. The monoisotopic (exact) mass is 428 g/mol. The summed E-state index contributed by atoms with van der Waals surface area (Å²) in [6.07, 6.45) is 0. The van der Waals surface area contributed by atoms with E-state index in [-0.39, 0.29) is 17.9 Å². The van der Waals surface area contributed by atoms with Gasteiger partial charge in [0.15, 0.2) is 0 Å². The molecule has 0 bridgehead atoms. The topological polar surface area (TPSA) is 84.8 Å². The van der Waals surface area contributed by atoms with Crippen molar-refractivity contribution in [3.63, 3.8) is 0 Å². The molecule has 0 aliphatic heterocycles. The summed E-state index contributed by atoms with van der Waals surface area (Å²) in [6, 6.07) is 14.7. The van der Waals surface area contributed by atoms with Crippen LogP contribution < -0.4 is 10.1 Å². The summed E-state index contributed by atoms with van der Waals surface area (Å²) >= 11 is 0. The standard InChI is InChI=1S/C20H14FN2O4PS/c21-14-4-8-16-13(9-14)3-7-17(20(25)22-10-18(24)23-26)19(16)27-11-12-1-5-15(29-28)6-2-12/h1-9H,10-11H2,(H,22,25). The first-order chi connectivity index (χ1) is 14.0. The Morgan fingerprint density at radius 2 is 1.86 bits per heavy atom. The second-order valence-electron chi connectivity index (χ2n) is 6.00. The van der Waals surface area contributed by atoms with E-state index in [9.17, 15) is 18.9 Å². The molecule has 0 aliphatic carbocycles. The Labute approximate surface area is 170 Å². The van der Waals surface area contributed by atoms with Gasteiger partial charge >= 0.3 is 151 Å². The summed E-state index contributed by atoms with van der Waals surface area (Å²) in [5, 5.41) is 5.68. The molecule has 1 N–H and O–H groups in total. The van der Waals surface area contributed by atoms with Crippen molar-refractivity contribution in [1.29, 1.82) is 0 Å². The zero-order valence-electron chi connectivity index (χ0n) is 14.9. The van der Waals surface area contributed by atoms with Crippen molar-refractivity contribution < 1.29 is 18.7 Å². The fourth-order valence-electron chi connectivity index (χ4n) is 2.69. The van der Waals surface area contributed by atoms with E-state index >= 15 is 0 Å². The van der Waals surface area contributed by atoms with Crippen LogP contribution in [0.3, 0.4) is 0 Å². The van der Waals surface area contributed by atoms with Gasteiger partial charge in [0.05, 0.1) is 0 Å². The first-order valence-electron chi connectivity index (χ1n) is 8.41. The SMILES string of the molecule is O=NC(=O)CNC(=O)c1ccc2cc(F)ccc2c1OCc1ccc(S#P)cc1. The number of hydrogen-bond acceptors (Lipinski definition) is 4. The number of benzene rings is 3. The molecule has 0 radical (unpaired) electrons. The fraction of sp³-hybridized carbons (Fsp3) is 0.100. The van der Waals surface area contributed by atoms with Crippen molar-refractivity contribution in [2.75, 3.05) is 6.54 Å². The van der Waals surface area contributed by atoms with E-state index in [0.29, 0.717) is 10.8 Å². The molecule has 0 heterocycles. The number of carbonyl (C=O) groups excluding carboxylic acids is 2. The van der Waals surface area contributed by atoms with Crippen molar-refractivity contribution in [3.8, 4) is 5.75 Å². The van der Waals surface area contributed by atoms with Crippen molar-refractivity contribution in [3.05, 3.63) is 76.4 Å². The number of nitrogens with zero attached hydrogens (tertiary/aromatic N) is 1. The molecule has 0 spiro atoms. The summed E-state index contributed by atoms with van der Waals surface area (Å²) in [5.41, 5.74) is 1.02. The molecule has 0 unspecified atom stereocenters. The maximum absolute atomic E-state index is 13.6. The molecule has 0 saturated carbocycles. The summed E-state index contributed by atoms with van der Waals surface area (Å²) < 4.78 is 19.5. The number of halogens is 1. The van der Waals surface area contributed by atoms with Crippen molar-refractivity contribution in [1.82, 2.24) is 5.32 Å². The zero-order chi connectivity index (χ0) is 20.8. The van der Waals surface area contributed by atoms with Crippen LogP contribution in [0.2, 0.25) is 0 Å². The van der Waals surface area contributed by atoms with Gasteiger partial charge in [-0.2, -0.15) is 0 Å². The maximum atomic E-state index is 13.6. The molecule has 3 aromatic carbocycles. The molecule has 146 valence electrons. The molecule has 29 heavy (non-hydrogen) atoms. The molecular formula is C20H14FN2O4PS. The van der Waals surface area contributed by atoms with Crippen LogP contribution in [0, 0.1) is 10.7 Å². The van der Waals surface area contributed by atoms with Crippen LogP contribution in [-0.4, -0.2) is 18.4 Å². The van der Waals surface area contributed by atoms with Gasteiger partial charge in [0.25, 0.3) is 0 Å². The second kappa shape index (κ2) is 9.49. The fourth-order valence-corrected chi connectivity index (χ4v) is 3.31. The number of ether oxygens (including phenoxy) is 1. The van der Waals surface area contributed by atoms with Crippen LogP contribution in [0.25, 0.3) is 10.8 Å². The number of fused-ring (bicyclic) bond motifs is 1. The van der Waals surface area contributed by atoms with E-state index in [1.54, 1.807) is 6.07 Å². The predicted octanol–water partition coefficient (Wildman–Crippen LogP) is 5.00. The number of hydrogen-bond donors (Lipinski definition) is 1. The van der Waals surface area contributed by atoms with Gasteiger partial charge in [0, 0.05) is 5.18 Å². The molecule has 2 amide bonds. The number of rotatable bonds is 6. The van der Waals surface area contributed by atoms with Crippen molar-refractivity contribution in [2.24, 2.45) is 5.18 Å². The third-order valence-corrected chi connectivity index (χ3v) is 5.21. The third-order valence-electron chi connectivity index (χ3n) is 4.09. The molecule has 0 aromatic heterocycles. The number of carbonyl (C=O) groups is 2. The predicted molar refractivity (Wildman–Crippen MR) is 111 cm³/mol. The van der Waals surface area contributed by atoms with Gasteiger partial charge in [-0.15, -0.1) is 4.91 Å². The molecular weight excluding hydrogens is 414 g/mol. The van der Waals surface area contributed by atoms with Crippen LogP contribution in [0.15, 0.2) is 64.7 Å². The van der Waals surface area contributed by atoms with Crippen LogP contribution in [0.1, 0.15) is 15.9 Å². The normalized spacial score (nSPS) is 10.3. The molecule has 6 nitrogen and oxygen atoms in total. The van der Waals surface area contributed by atoms with E-state index in [2.05, 4.69) is 18.3 Å². The average molecular weight is 428 g/mol. The minimum absolute atomic E-state index is 0.158. The molecule has 0 aliphatic rings. The third kappa shape index (κ3) is 5.10. The Morgan fingerprint density at radius 1 is 1.10 bits per heavy atom. The summed E-state index contributed by atoms with van der Waals surface area (Å²) in [7, 11) is 5.46. The Morgan fingerprint density at radius 3 is 2.55 bits per heavy atom. The summed E-state index contributed by atoms with van der Waals surface area (Å²) in [6.45, 7) is -0.352. The van der Waals surface area contributed by atoms with Gasteiger partial charge in [-0.1, -0.05) is 0 Å². The molecule has 0 saturated heterocycles. The molecule has 9 heteroatoms. The zero-order valence-corrected chi connectivity index (χ0v) is 16.6. The Bertz CT molecular complexity index is 1150. The van der Waals surface area contributed by atoms with E-state index in [0.717, 1.165) is 10.5 Å². The quantitative estimate of drug-likeness (QED) is 0.442. The summed E-state index contributed by atoms with van der Waals surface area (Å²) in [4.78, 5) is 34.8. The van der Waals surface area contributed by atoms with Gasteiger partial charge in [0.1, 0.15) is 0 Å². The van der Waals surface area contributed by atoms with Crippen molar-refractivity contribution in [2.45, 2.75) is 11.5 Å². The molecule has 0 atom stereocenters. The average Bonchev–Trinajstić information content (AvgIpc) is 2.75. The van der Waals surface area contributed by atoms with E-state index in [4.69, 9.17) is 4.74 Å². The van der Waals surface area contributed by atoms with Gasteiger partial charge in [-0.3, -0.25) is 4.79 Å². The minimum atomic E-state index is -0.995. The number of amides is 2. The molecule has 3 aromatic rings. The first kappa shape index (κ1) is 20.8. The van der Waals surface area contributed by atoms with E-state index in [1.807, 2.05) is 24.3 Å². The van der Waals surface area contributed by atoms with Crippen molar-refractivity contribution >= 4 is 41.1 Å². The van der Waals surface area contributed by atoms with Gasteiger partial charge in [-0.25, -0.2) is 4.39 Å². The van der Waals surface area contributed by atoms with Gasteiger partial charge < -0.3 is 0 Å². The Hall–Kier alpha value is -2.96. The summed E-state index contributed by atoms with van der Waals surface area (Å²) in [5.74, 6) is -1.77. The number of nitroso groups, excluding NO2 is 1. The molecule has 3 rings (SSSR count). The van der Waals surface area contributed by atoms with E-state index < -0.39 is 24.2 Å². The van der Waals surface area contributed by atoms with Crippen LogP contribution >= 0.6 is 18.6 Å². The van der Waals surface area contributed by atoms with Gasteiger partial charge in [-0.05, 0) is 0 Å². The second-order valence-corrected chi connectivity index (χ2v) is 7.20. The Kier molecular flexibility index (Phi) is 6.80. The van der Waals surface area contributed by atoms with E-state index in [1.165, 1.54) is 35.0 Å². The Balaban J connectivity index is 1.94. The van der Waals surface area contributed by atoms with Gasteiger partial charge in [0.2, 0.25) is 0 Å².